The van der Waals surface area contributed by atoms with E-state index >= 15 is 0 Å². The summed E-state index contributed by atoms with van der Waals surface area (Å²) in [7, 11) is 0. The molecule has 0 aliphatic carbocycles. The third-order valence-corrected chi connectivity index (χ3v) is 3.23. The van der Waals surface area contributed by atoms with Gasteiger partial charge in [-0.15, -0.1) is 0 Å². The molecular formula is C18H22O. The van der Waals surface area contributed by atoms with Crippen LogP contribution in [0, 0.1) is 12.3 Å². The number of phenolic OH excluding ortho intramolecular Hbond substituents is 1. The van der Waals surface area contributed by atoms with Crippen LogP contribution in [0.4, 0.5) is 0 Å². The summed E-state index contributed by atoms with van der Waals surface area (Å²) in [5, 5.41) is 10.1. The molecule has 1 nitrogen and oxygen atoms in total. The van der Waals surface area contributed by atoms with E-state index in [2.05, 4.69) is 45.9 Å². The van der Waals surface area contributed by atoms with Crippen molar-refractivity contribution in [2.45, 2.75) is 34.1 Å². The maximum absolute atomic E-state index is 10.1. The summed E-state index contributed by atoms with van der Waals surface area (Å²) in [6.45, 7) is 8.76. The Morgan fingerprint density at radius 2 is 1.63 bits per heavy atom. The fraction of sp³-hybridized carbons (Fsp3) is 0.333. The molecule has 2 aromatic rings. The molecule has 0 bridgehead atoms. The lowest BCUT2D eigenvalue weighted by atomic mass is 9.86. The average molecular weight is 254 g/mol. The molecule has 1 heteroatoms. The molecule has 0 unspecified atom stereocenters. The minimum atomic E-state index is 0.250. The minimum absolute atomic E-state index is 0.250. The molecule has 100 valence electrons. The monoisotopic (exact) mass is 254 g/mol. The summed E-state index contributed by atoms with van der Waals surface area (Å²) in [4.78, 5) is 0. The molecule has 0 amide bonds. The number of hydrogen-bond donors (Lipinski definition) is 1. The van der Waals surface area contributed by atoms with E-state index in [-0.39, 0.29) is 5.41 Å². The van der Waals surface area contributed by atoms with E-state index in [1.54, 1.807) is 0 Å². The lowest BCUT2D eigenvalue weighted by Gasteiger charge is -2.19. The fourth-order valence-electron chi connectivity index (χ4n) is 2.40. The molecular weight excluding hydrogens is 232 g/mol. The molecule has 1 N–H and O–H groups in total. The van der Waals surface area contributed by atoms with Crippen molar-refractivity contribution in [1.29, 1.82) is 0 Å². The van der Waals surface area contributed by atoms with Crippen LogP contribution in [0.15, 0.2) is 42.5 Å². The van der Waals surface area contributed by atoms with E-state index in [0.717, 1.165) is 17.5 Å². The molecule has 0 aliphatic heterocycles. The summed E-state index contributed by atoms with van der Waals surface area (Å²) < 4.78 is 0. The normalized spacial score (nSPS) is 11.6. The van der Waals surface area contributed by atoms with Gasteiger partial charge in [-0.05, 0) is 47.6 Å². The quantitative estimate of drug-likeness (QED) is 0.803. The van der Waals surface area contributed by atoms with Crippen LogP contribution in [0.3, 0.4) is 0 Å². The SMILES string of the molecule is Cc1ccccc1-c1cc(CC(C)(C)C)ccc1O. The maximum atomic E-state index is 10.1. The van der Waals surface area contributed by atoms with Crippen molar-refractivity contribution in [1.82, 2.24) is 0 Å². The van der Waals surface area contributed by atoms with Crippen LogP contribution in [0.1, 0.15) is 31.9 Å². The average Bonchev–Trinajstić information content (AvgIpc) is 2.31. The third kappa shape index (κ3) is 3.37. The number of benzene rings is 2. The topological polar surface area (TPSA) is 20.2 Å². The predicted octanol–water partition coefficient (Wildman–Crippen LogP) is 4.96. The van der Waals surface area contributed by atoms with E-state index in [0.29, 0.717) is 5.75 Å². The number of rotatable bonds is 2. The van der Waals surface area contributed by atoms with Crippen LogP contribution in [-0.2, 0) is 6.42 Å². The first-order valence-electron chi connectivity index (χ1n) is 6.75. The van der Waals surface area contributed by atoms with Gasteiger partial charge in [0, 0.05) is 5.56 Å². The lowest BCUT2D eigenvalue weighted by molar-refractivity contribution is 0.410. The van der Waals surface area contributed by atoms with Gasteiger partial charge in [0.1, 0.15) is 5.75 Å². The highest BCUT2D eigenvalue weighted by atomic mass is 16.3. The number of hydrogen-bond acceptors (Lipinski definition) is 1. The fourth-order valence-corrected chi connectivity index (χ4v) is 2.40. The van der Waals surface area contributed by atoms with Gasteiger partial charge < -0.3 is 5.11 Å². The first-order chi connectivity index (χ1) is 8.87. The second-order valence-corrected chi connectivity index (χ2v) is 6.40. The van der Waals surface area contributed by atoms with Crippen LogP contribution < -0.4 is 0 Å². The van der Waals surface area contributed by atoms with Crippen LogP contribution in [-0.4, -0.2) is 5.11 Å². The van der Waals surface area contributed by atoms with Gasteiger partial charge in [-0.2, -0.15) is 0 Å². The van der Waals surface area contributed by atoms with Gasteiger partial charge in [0.2, 0.25) is 0 Å². The van der Waals surface area contributed by atoms with Crippen molar-refractivity contribution in [3.63, 3.8) is 0 Å². The summed E-state index contributed by atoms with van der Waals surface area (Å²) in [6, 6.07) is 14.1. The molecule has 19 heavy (non-hydrogen) atoms. The van der Waals surface area contributed by atoms with Crippen LogP contribution in [0.2, 0.25) is 0 Å². The molecule has 0 atom stereocenters. The Morgan fingerprint density at radius 1 is 0.947 bits per heavy atom. The molecule has 0 saturated carbocycles. The number of phenols is 1. The Labute approximate surface area is 115 Å². The Balaban J connectivity index is 2.46. The summed E-state index contributed by atoms with van der Waals surface area (Å²) >= 11 is 0. The Morgan fingerprint density at radius 3 is 2.26 bits per heavy atom. The molecule has 0 spiro atoms. The highest BCUT2D eigenvalue weighted by Crippen LogP contribution is 2.33. The van der Waals surface area contributed by atoms with Crippen LogP contribution >= 0.6 is 0 Å². The molecule has 0 saturated heterocycles. The number of aromatic hydroxyl groups is 1. The van der Waals surface area contributed by atoms with Crippen molar-refractivity contribution < 1.29 is 5.11 Å². The van der Waals surface area contributed by atoms with E-state index in [4.69, 9.17) is 0 Å². The zero-order valence-corrected chi connectivity index (χ0v) is 12.2. The summed E-state index contributed by atoms with van der Waals surface area (Å²) in [5.41, 5.74) is 4.74. The predicted molar refractivity (Wildman–Crippen MR) is 81.4 cm³/mol. The van der Waals surface area contributed by atoms with Gasteiger partial charge in [0.15, 0.2) is 0 Å². The van der Waals surface area contributed by atoms with Gasteiger partial charge >= 0.3 is 0 Å². The molecule has 2 rings (SSSR count). The van der Waals surface area contributed by atoms with Gasteiger partial charge in [-0.3, -0.25) is 0 Å². The lowest BCUT2D eigenvalue weighted by Crippen LogP contribution is -2.09. The summed E-state index contributed by atoms with van der Waals surface area (Å²) in [5.74, 6) is 0.354. The zero-order chi connectivity index (χ0) is 14.0. The smallest absolute Gasteiger partial charge is 0.123 e. The third-order valence-electron chi connectivity index (χ3n) is 3.23. The molecule has 0 fully saturated rings. The van der Waals surface area contributed by atoms with E-state index < -0.39 is 0 Å². The van der Waals surface area contributed by atoms with Gasteiger partial charge in [-0.25, -0.2) is 0 Å². The Kier molecular flexibility index (Phi) is 3.66. The Bertz CT molecular complexity index is 576. The summed E-state index contributed by atoms with van der Waals surface area (Å²) in [6.07, 6.45) is 1.01. The minimum Gasteiger partial charge on any atom is -0.507 e. The standard InChI is InChI=1S/C18H22O/c1-13-7-5-6-8-15(13)16-11-14(9-10-17(16)19)12-18(2,3)4/h5-11,19H,12H2,1-4H3. The molecule has 0 heterocycles. The van der Waals surface area contributed by atoms with Gasteiger partial charge in [0.25, 0.3) is 0 Å². The largest absolute Gasteiger partial charge is 0.507 e. The van der Waals surface area contributed by atoms with Crippen molar-refractivity contribution in [2.24, 2.45) is 5.41 Å². The van der Waals surface area contributed by atoms with Gasteiger partial charge in [0.05, 0.1) is 0 Å². The highest BCUT2D eigenvalue weighted by Gasteiger charge is 2.13. The van der Waals surface area contributed by atoms with E-state index in [9.17, 15) is 5.11 Å². The van der Waals surface area contributed by atoms with Crippen molar-refractivity contribution in [3.8, 4) is 16.9 Å². The van der Waals surface area contributed by atoms with E-state index in [1.165, 1.54) is 11.1 Å². The molecule has 2 aromatic carbocycles. The number of aryl methyl sites for hydroxylation is 1. The Hall–Kier alpha value is -1.76. The molecule has 0 radical (unpaired) electrons. The van der Waals surface area contributed by atoms with Gasteiger partial charge in [-0.1, -0.05) is 51.1 Å². The van der Waals surface area contributed by atoms with Crippen molar-refractivity contribution in [2.75, 3.05) is 0 Å². The second kappa shape index (κ2) is 5.08. The first kappa shape index (κ1) is 13.7. The first-order valence-corrected chi connectivity index (χ1v) is 6.75. The zero-order valence-electron chi connectivity index (χ0n) is 12.2. The van der Waals surface area contributed by atoms with Crippen molar-refractivity contribution >= 4 is 0 Å². The highest BCUT2D eigenvalue weighted by molar-refractivity contribution is 5.73. The molecule has 0 aromatic heterocycles. The van der Waals surface area contributed by atoms with Crippen LogP contribution in [0.25, 0.3) is 11.1 Å². The second-order valence-electron chi connectivity index (χ2n) is 6.40. The van der Waals surface area contributed by atoms with Crippen LogP contribution in [0.5, 0.6) is 5.75 Å². The van der Waals surface area contributed by atoms with E-state index in [1.807, 2.05) is 24.3 Å². The van der Waals surface area contributed by atoms with Crippen molar-refractivity contribution in [3.05, 3.63) is 53.6 Å². The molecule has 0 aliphatic rings. The maximum Gasteiger partial charge on any atom is 0.123 e.